The van der Waals surface area contributed by atoms with Crippen LogP contribution in [0.1, 0.15) is 18.9 Å². The first-order valence-corrected chi connectivity index (χ1v) is 10.7. The van der Waals surface area contributed by atoms with Crippen molar-refractivity contribution in [2.75, 3.05) is 40.0 Å². The van der Waals surface area contributed by atoms with Gasteiger partial charge in [-0.1, -0.05) is 0 Å². The number of aromatic nitrogens is 1. The molecule has 2 heterocycles. The minimum Gasteiger partial charge on any atom is -0.477 e. The van der Waals surface area contributed by atoms with Crippen LogP contribution >= 0.6 is 12.1 Å². The molecule has 0 radical (unpaired) electrons. The van der Waals surface area contributed by atoms with E-state index >= 15 is 0 Å². The fourth-order valence-corrected chi connectivity index (χ4v) is 3.63. The van der Waals surface area contributed by atoms with Crippen LogP contribution in [0.5, 0.6) is 5.88 Å². The van der Waals surface area contributed by atoms with Crippen molar-refractivity contribution in [3.05, 3.63) is 23.9 Å². The summed E-state index contributed by atoms with van der Waals surface area (Å²) in [4.78, 5) is 13.4. The third kappa shape index (κ3) is 11.8. The second-order valence-corrected chi connectivity index (χ2v) is 8.36. The van der Waals surface area contributed by atoms with Gasteiger partial charge in [-0.3, -0.25) is 0 Å². The number of hydrogen-bond donors (Lipinski definition) is 3. The number of halogens is 5. The number of rotatable bonds is 10. The molecule has 1 aromatic rings. The summed E-state index contributed by atoms with van der Waals surface area (Å²) in [6.45, 7) is 2.40. The van der Waals surface area contributed by atoms with Crippen molar-refractivity contribution < 1.29 is 41.3 Å². The molecule has 2 unspecified atom stereocenters. The summed E-state index contributed by atoms with van der Waals surface area (Å²) >= 11 is 1.20. The molecule has 2 atom stereocenters. The largest absolute Gasteiger partial charge is 0.477 e. The number of piperidine rings is 1. The summed E-state index contributed by atoms with van der Waals surface area (Å²) in [5.74, 6) is -6.90. The molecule has 33 heavy (non-hydrogen) atoms. The van der Waals surface area contributed by atoms with Gasteiger partial charge in [-0.2, -0.15) is 22.0 Å². The standard InChI is InChI=1S/C16H25F3N4O2S.C3H4F2O2/c1-24-5-4-22-26-23-9-13(6-14(10-23)16(17,18)19)11-25-15-7-12(8-20)2-3-21-15;1-3(4,5)2(6)7/h2-3,7,13-14,22H,4-6,8-11,20H2,1H3;1H3,(H,6,7). The number of carboxylic acid groups (broad SMARTS) is 1. The molecule has 0 spiro atoms. The zero-order chi connectivity index (χ0) is 25.1. The van der Waals surface area contributed by atoms with Crippen molar-refractivity contribution in [1.82, 2.24) is 14.0 Å². The smallest absolute Gasteiger partial charge is 0.393 e. The number of aliphatic carboxylic acids is 1. The molecule has 0 aromatic carbocycles. The molecule has 0 amide bonds. The summed E-state index contributed by atoms with van der Waals surface area (Å²) < 4.78 is 77.5. The highest BCUT2D eigenvalue weighted by Crippen LogP contribution is 2.37. The molecule has 14 heteroatoms. The Hall–Kier alpha value is -1.74. The zero-order valence-electron chi connectivity index (χ0n) is 18.3. The highest BCUT2D eigenvalue weighted by atomic mass is 32.2. The highest BCUT2D eigenvalue weighted by molar-refractivity contribution is 7.95. The second kappa shape index (κ2) is 13.8. The van der Waals surface area contributed by atoms with Crippen molar-refractivity contribution in [1.29, 1.82) is 0 Å². The molecule has 190 valence electrons. The molecule has 0 saturated carbocycles. The van der Waals surface area contributed by atoms with E-state index in [4.69, 9.17) is 20.3 Å². The molecule has 0 aliphatic carbocycles. The second-order valence-electron chi connectivity index (χ2n) is 7.38. The number of alkyl halides is 5. The van der Waals surface area contributed by atoms with Crippen LogP contribution in [0.3, 0.4) is 0 Å². The van der Waals surface area contributed by atoms with Crippen LogP contribution < -0.4 is 15.2 Å². The molecule has 1 aromatic heterocycles. The van der Waals surface area contributed by atoms with Gasteiger partial charge in [0.1, 0.15) is 0 Å². The maximum Gasteiger partial charge on any atom is 0.393 e. The third-order valence-corrected chi connectivity index (χ3v) is 5.34. The van der Waals surface area contributed by atoms with E-state index in [9.17, 15) is 26.7 Å². The Morgan fingerprint density at radius 2 is 2.03 bits per heavy atom. The molecule has 2 rings (SSSR count). The van der Waals surface area contributed by atoms with Crippen LogP contribution in [-0.2, 0) is 16.1 Å². The van der Waals surface area contributed by atoms with E-state index in [1.54, 1.807) is 29.7 Å². The number of carboxylic acids is 1. The van der Waals surface area contributed by atoms with Gasteiger partial charge in [-0.15, -0.1) is 0 Å². The van der Waals surface area contributed by atoms with Gasteiger partial charge in [-0.25, -0.2) is 18.8 Å². The number of ether oxygens (including phenoxy) is 2. The predicted molar refractivity (Wildman–Crippen MR) is 113 cm³/mol. The average Bonchev–Trinajstić information content (AvgIpc) is 2.74. The Labute approximate surface area is 193 Å². The molecule has 4 N–H and O–H groups in total. The van der Waals surface area contributed by atoms with Crippen molar-refractivity contribution in [3.8, 4) is 5.88 Å². The molecule has 1 fully saturated rings. The minimum atomic E-state index is -4.22. The fourth-order valence-electron chi connectivity index (χ4n) is 2.73. The lowest BCUT2D eigenvalue weighted by Crippen LogP contribution is -2.45. The first-order valence-electron chi connectivity index (χ1n) is 9.96. The lowest BCUT2D eigenvalue weighted by atomic mass is 9.90. The van der Waals surface area contributed by atoms with E-state index in [2.05, 4.69) is 9.71 Å². The Morgan fingerprint density at radius 3 is 2.58 bits per heavy atom. The number of nitrogens with one attached hydrogen (secondary N) is 1. The molecule has 0 bridgehead atoms. The SMILES string of the molecule is CC(F)(F)C(=O)O.COCCNSN1CC(COc2cc(CN)ccn2)CC(C(F)(F)F)C1. The van der Waals surface area contributed by atoms with Crippen LogP contribution in [0.15, 0.2) is 18.3 Å². The average molecular weight is 505 g/mol. The first kappa shape index (κ1) is 29.3. The van der Waals surface area contributed by atoms with Gasteiger partial charge in [0.2, 0.25) is 5.88 Å². The normalized spacial score (nSPS) is 19.5. The Balaban J connectivity index is 0.000000675. The van der Waals surface area contributed by atoms with Gasteiger partial charge in [0, 0.05) is 70.5 Å². The summed E-state index contributed by atoms with van der Waals surface area (Å²) in [5, 5.41) is 7.50. The Bertz CT molecular complexity index is 724. The molecule has 1 aliphatic heterocycles. The summed E-state index contributed by atoms with van der Waals surface area (Å²) in [5.41, 5.74) is 6.44. The number of nitrogens with two attached hydrogens (primary N) is 1. The predicted octanol–water partition coefficient (Wildman–Crippen LogP) is 2.94. The molecule has 8 nitrogen and oxygen atoms in total. The van der Waals surface area contributed by atoms with Crippen LogP contribution in [0, 0.1) is 11.8 Å². The van der Waals surface area contributed by atoms with E-state index in [-0.39, 0.29) is 25.5 Å². The van der Waals surface area contributed by atoms with Crippen LogP contribution in [0.2, 0.25) is 0 Å². The van der Waals surface area contributed by atoms with Gasteiger partial charge in [-0.05, 0) is 18.1 Å². The molecule has 1 aliphatic rings. The van der Waals surface area contributed by atoms with Crippen molar-refractivity contribution in [3.63, 3.8) is 0 Å². The summed E-state index contributed by atoms with van der Waals surface area (Å²) in [7, 11) is 1.58. The minimum absolute atomic E-state index is 0.0362. The van der Waals surface area contributed by atoms with Crippen molar-refractivity contribution >= 4 is 18.1 Å². The quantitative estimate of drug-likeness (QED) is 0.252. The van der Waals surface area contributed by atoms with Crippen LogP contribution in [0.25, 0.3) is 0 Å². The topological polar surface area (TPSA) is 110 Å². The molecular formula is C19H29F5N4O4S. The number of hydrogen-bond acceptors (Lipinski definition) is 8. The number of methoxy groups -OCH3 is 1. The van der Waals surface area contributed by atoms with Gasteiger partial charge in [0.15, 0.2) is 0 Å². The van der Waals surface area contributed by atoms with E-state index < -0.39 is 24.0 Å². The van der Waals surface area contributed by atoms with E-state index in [0.29, 0.717) is 39.0 Å². The Morgan fingerprint density at radius 1 is 1.36 bits per heavy atom. The number of pyridine rings is 1. The van der Waals surface area contributed by atoms with Crippen molar-refractivity contribution in [2.45, 2.75) is 32.0 Å². The zero-order valence-corrected chi connectivity index (χ0v) is 19.1. The fraction of sp³-hybridized carbons (Fsp3) is 0.684. The third-order valence-electron chi connectivity index (χ3n) is 4.45. The lowest BCUT2D eigenvalue weighted by molar-refractivity contribution is -0.187. The van der Waals surface area contributed by atoms with E-state index in [0.717, 1.165) is 5.56 Å². The van der Waals surface area contributed by atoms with E-state index in [1.807, 2.05) is 0 Å². The number of nitrogens with zero attached hydrogens (tertiary/aromatic N) is 2. The molecule has 1 saturated heterocycles. The highest BCUT2D eigenvalue weighted by Gasteiger charge is 2.44. The van der Waals surface area contributed by atoms with E-state index in [1.165, 1.54) is 12.1 Å². The monoisotopic (exact) mass is 504 g/mol. The van der Waals surface area contributed by atoms with Crippen LogP contribution in [-0.4, -0.2) is 72.4 Å². The maximum absolute atomic E-state index is 13.2. The van der Waals surface area contributed by atoms with Crippen molar-refractivity contribution in [2.24, 2.45) is 17.6 Å². The van der Waals surface area contributed by atoms with Gasteiger partial charge in [0.05, 0.1) is 19.1 Å². The first-order chi connectivity index (χ1) is 15.4. The van der Waals surface area contributed by atoms with Crippen LogP contribution in [0.4, 0.5) is 22.0 Å². The van der Waals surface area contributed by atoms with Gasteiger partial charge >= 0.3 is 18.1 Å². The number of carbonyl (C=O) groups is 1. The van der Waals surface area contributed by atoms with Gasteiger partial charge < -0.3 is 20.3 Å². The summed E-state index contributed by atoms with van der Waals surface area (Å²) in [6.07, 6.45) is -2.59. The Kier molecular flexibility index (Phi) is 12.3. The maximum atomic E-state index is 13.2. The molecular weight excluding hydrogens is 475 g/mol. The van der Waals surface area contributed by atoms with Gasteiger partial charge in [0.25, 0.3) is 0 Å². The lowest BCUT2D eigenvalue weighted by Gasteiger charge is -2.37. The summed E-state index contributed by atoms with van der Waals surface area (Å²) in [6, 6.07) is 3.49.